The van der Waals surface area contributed by atoms with Gasteiger partial charge in [-0.1, -0.05) is 6.07 Å². The fourth-order valence-electron chi connectivity index (χ4n) is 3.96. The average Bonchev–Trinajstić information content (AvgIpc) is 2.70. The van der Waals surface area contributed by atoms with Crippen molar-refractivity contribution < 1.29 is 9.59 Å². The van der Waals surface area contributed by atoms with Crippen LogP contribution in [-0.2, 0) is 4.79 Å². The molecule has 29 heavy (non-hydrogen) atoms. The first-order valence-corrected chi connectivity index (χ1v) is 9.96. The minimum atomic E-state index is -0.332. The maximum absolute atomic E-state index is 12.3. The maximum atomic E-state index is 12.3. The van der Waals surface area contributed by atoms with Crippen LogP contribution in [0.5, 0.6) is 0 Å². The molecule has 8 heteroatoms. The number of carbonyl (C=O) groups is 2. The van der Waals surface area contributed by atoms with Crippen LogP contribution >= 0.6 is 0 Å². The molecule has 2 aromatic heterocycles. The van der Waals surface area contributed by atoms with Crippen molar-refractivity contribution in [2.45, 2.75) is 45.6 Å². The number of rotatable bonds is 6. The number of carbonyl (C=O) groups excluding carboxylic acids is 2. The molecule has 1 saturated carbocycles. The monoisotopic (exact) mass is 397 g/mol. The van der Waals surface area contributed by atoms with Crippen molar-refractivity contribution in [2.75, 3.05) is 6.54 Å². The third kappa shape index (κ3) is 5.73. The van der Waals surface area contributed by atoms with Gasteiger partial charge in [0.25, 0.3) is 11.5 Å². The lowest BCUT2D eigenvalue weighted by molar-refractivity contribution is -0.120. The zero-order valence-corrected chi connectivity index (χ0v) is 16.8. The van der Waals surface area contributed by atoms with Gasteiger partial charge in [-0.15, -0.1) is 0 Å². The third-order valence-corrected chi connectivity index (χ3v) is 5.37. The number of pyridine rings is 1. The number of hydrogen-bond donors (Lipinski definition) is 3. The van der Waals surface area contributed by atoms with Gasteiger partial charge in [0, 0.05) is 25.7 Å². The quantitative estimate of drug-likeness (QED) is 0.688. The van der Waals surface area contributed by atoms with E-state index in [1.165, 1.54) is 13.0 Å². The lowest BCUT2D eigenvalue weighted by Crippen LogP contribution is -2.37. The van der Waals surface area contributed by atoms with Crippen LogP contribution in [0.2, 0.25) is 0 Å². The Morgan fingerprint density at radius 3 is 2.62 bits per heavy atom. The summed E-state index contributed by atoms with van der Waals surface area (Å²) in [6, 6.07) is 6.87. The molecule has 0 aliphatic heterocycles. The molecule has 154 valence electrons. The first-order valence-electron chi connectivity index (χ1n) is 9.96. The number of nitrogens with one attached hydrogen (secondary N) is 3. The van der Waals surface area contributed by atoms with E-state index < -0.39 is 0 Å². The van der Waals surface area contributed by atoms with Crippen LogP contribution < -0.4 is 16.2 Å². The van der Waals surface area contributed by atoms with Gasteiger partial charge >= 0.3 is 0 Å². The topological polar surface area (TPSA) is 117 Å². The Kier molecular flexibility index (Phi) is 6.74. The van der Waals surface area contributed by atoms with Crippen molar-refractivity contribution in [3.8, 4) is 0 Å². The summed E-state index contributed by atoms with van der Waals surface area (Å²) in [5.74, 6) is 0.709. The van der Waals surface area contributed by atoms with Gasteiger partial charge in [0.15, 0.2) is 0 Å². The third-order valence-electron chi connectivity index (χ3n) is 5.37. The summed E-state index contributed by atoms with van der Waals surface area (Å²) in [4.78, 5) is 46.5. The first kappa shape index (κ1) is 20.7. The van der Waals surface area contributed by atoms with Gasteiger partial charge in [0.1, 0.15) is 11.5 Å². The van der Waals surface area contributed by atoms with E-state index in [0.717, 1.165) is 31.4 Å². The van der Waals surface area contributed by atoms with Gasteiger partial charge in [-0.05, 0) is 56.6 Å². The molecular formula is C21H27N5O3. The van der Waals surface area contributed by atoms with E-state index in [1.807, 2.05) is 18.2 Å². The van der Waals surface area contributed by atoms with Crippen LogP contribution in [0.25, 0.3) is 0 Å². The van der Waals surface area contributed by atoms with E-state index in [4.69, 9.17) is 0 Å². The highest BCUT2D eigenvalue weighted by atomic mass is 16.2. The number of hydrogen-bond acceptors (Lipinski definition) is 5. The number of aromatic amines is 1. The van der Waals surface area contributed by atoms with E-state index in [2.05, 4.69) is 25.6 Å². The minimum absolute atomic E-state index is 0.0596. The molecule has 0 spiro atoms. The second-order valence-electron chi connectivity index (χ2n) is 7.64. The summed E-state index contributed by atoms with van der Waals surface area (Å²) in [6.07, 6.45) is 5.55. The number of H-pyrrole nitrogens is 1. The summed E-state index contributed by atoms with van der Waals surface area (Å²) in [5.41, 5.74) is 0.692. The summed E-state index contributed by atoms with van der Waals surface area (Å²) in [5, 5.41) is 5.95. The second kappa shape index (κ2) is 9.45. The summed E-state index contributed by atoms with van der Waals surface area (Å²) in [6.45, 7) is 3.72. The Hall–Kier alpha value is -3.03. The number of aromatic nitrogens is 3. The van der Waals surface area contributed by atoms with E-state index in [1.54, 1.807) is 13.1 Å². The molecule has 0 aromatic carbocycles. The van der Waals surface area contributed by atoms with Crippen molar-refractivity contribution in [2.24, 2.45) is 11.8 Å². The fraction of sp³-hybridized carbons (Fsp3) is 0.476. The van der Waals surface area contributed by atoms with Gasteiger partial charge in [-0.3, -0.25) is 19.4 Å². The highest BCUT2D eigenvalue weighted by molar-refractivity contribution is 5.92. The highest BCUT2D eigenvalue weighted by Gasteiger charge is 2.30. The minimum Gasteiger partial charge on any atom is -0.350 e. The second-order valence-corrected chi connectivity index (χ2v) is 7.64. The molecular weight excluding hydrogens is 370 g/mol. The average molecular weight is 397 g/mol. The van der Waals surface area contributed by atoms with Crippen molar-refractivity contribution in [3.05, 3.63) is 58.0 Å². The van der Waals surface area contributed by atoms with Crippen LogP contribution in [0.1, 0.15) is 60.7 Å². The zero-order valence-electron chi connectivity index (χ0n) is 16.8. The van der Waals surface area contributed by atoms with Crippen LogP contribution in [0.3, 0.4) is 0 Å². The van der Waals surface area contributed by atoms with Gasteiger partial charge in [0.2, 0.25) is 5.91 Å². The molecule has 1 atom stereocenters. The number of aryl methyl sites for hydroxylation is 1. The Balaban J connectivity index is 1.54. The molecule has 3 N–H and O–H groups in total. The first-order chi connectivity index (χ1) is 13.9. The van der Waals surface area contributed by atoms with Crippen LogP contribution in [-0.4, -0.2) is 33.3 Å². The summed E-state index contributed by atoms with van der Waals surface area (Å²) in [7, 11) is 0. The number of nitrogens with zero attached hydrogens (tertiary/aromatic N) is 2. The van der Waals surface area contributed by atoms with Crippen LogP contribution in [0.4, 0.5) is 0 Å². The summed E-state index contributed by atoms with van der Waals surface area (Å²) >= 11 is 0. The number of amides is 2. The Morgan fingerprint density at radius 2 is 2.00 bits per heavy atom. The molecule has 8 nitrogen and oxygen atoms in total. The Bertz CT molecular complexity index is 904. The Morgan fingerprint density at radius 1 is 1.24 bits per heavy atom. The van der Waals surface area contributed by atoms with Crippen molar-refractivity contribution >= 4 is 11.8 Å². The normalized spacial score (nSPS) is 19.9. The highest BCUT2D eigenvalue weighted by Crippen LogP contribution is 2.36. The molecule has 3 rings (SSSR count). The van der Waals surface area contributed by atoms with Crippen LogP contribution in [0, 0.1) is 18.8 Å². The molecule has 2 heterocycles. The van der Waals surface area contributed by atoms with Gasteiger partial charge in [-0.25, -0.2) is 4.98 Å². The maximum Gasteiger partial charge on any atom is 0.270 e. The molecule has 0 saturated heterocycles. The SMILES string of the molecule is CC(=O)N[C@H](c1ccccn1)C1CCC(CNC(=O)c2cc(=O)[nH]c(C)n2)CC1. The molecule has 2 aromatic rings. The molecule has 1 aliphatic rings. The smallest absolute Gasteiger partial charge is 0.270 e. The molecule has 2 amide bonds. The van der Waals surface area contributed by atoms with E-state index in [-0.39, 0.29) is 29.1 Å². The predicted molar refractivity (Wildman–Crippen MR) is 108 cm³/mol. The lowest BCUT2D eigenvalue weighted by Gasteiger charge is -2.34. The van der Waals surface area contributed by atoms with Crippen molar-refractivity contribution in [1.82, 2.24) is 25.6 Å². The Labute approximate surface area is 169 Å². The van der Waals surface area contributed by atoms with Gasteiger partial charge in [-0.2, -0.15) is 0 Å². The van der Waals surface area contributed by atoms with Crippen LogP contribution in [0.15, 0.2) is 35.3 Å². The molecule has 1 fully saturated rings. The largest absolute Gasteiger partial charge is 0.350 e. The fourth-order valence-corrected chi connectivity index (χ4v) is 3.96. The summed E-state index contributed by atoms with van der Waals surface area (Å²) < 4.78 is 0. The van der Waals surface area contributed by atoms with Gasteiger partial charge < -0.3 is 15.6 Å². The molecule has 0 unspecified atom stereocenters. The predicted octanol–water partition coefficient (Wildman–Crippen LogP) is 1.89. The lowest BCUT2D eigenvalue weighted by atomic mass is 9.77. The van der Waals surface area contributed by atoms with Crippen molar-refractivity contribution in [1.29, 1.82) is 0 Å². The van der Waals surface area contributed by atoms with Gasteiger partial charge in [0.05, 0.1) is 11.7 Å². The molecule has 1 aliphatic carbocycles. The van der Waals surface area contributed by atoms with E-state index in [0.29, 0.717) is 24.2 Å². The van der Waals surface area contributed by atoms with E-state index in [9.17, 15) is 14.4 Å². The van der Waals surface area contributed by atoms with E-state index >= 15 is 0 Å². The van der Waals surface area contributed by atoms with Crippen molar-refractivity contribution in [3.63, 3.8) is 0 Å². The molecule has 0 bridgehead atoms. The molecule has 0 radical (unpaired) electrons. The standard InChI is InChI=1S/C21H27N5O3/c1-13-24-18(11-19(28)25-13)21(29)23-12-15-6-8-16(9-7-15)20(26-14(2)27)17-5-3-4-10-22-17/h3-5,10-11,15-16,20H,6-9,12H2,1-2H3,(H,23,29)(H,26,27)(H,24,25,28)/t15?,16?,20-/m0/s1. The zero-order chi connectivity index (χ0) is 20.8.